The zero-order valence-corrected chi connectivity index (χ0v) is 11.0. The van der Waals surface area contributed by atoms with Gasteiger partial charge < -0.3 is 5.32 Å². The highest BCUT2D eigenvalue weighted by Gasteiger charge is 2.10. The maximum absolute atomic E-state index is 11.9. The van der Waals surface area contributed by atoms with Crippen molar-refractivity contribution in [3.63, 3.8) is 0 Å². The molecule has 0 saturated carbocycles. The van der Waals surface area contributed by atoms with Crippen molar-refractivity contribution in [2.75, 3.05) is 0 Å². The number of aryl methyl sites for hydroxylation is 1. The molecule has 98 valence electrons. The molecule has 1 amide bonds. The molecule has 1 aromatic heterocycles. The van der Waals surface area contributed by atoms with Crippen LogP contribution in [0.5, 0.6) is 0 Å². The molecule has 2 rings (SSSR count). The van der Waals surface area contributed by atoms with Gasteiger partial charge in [-0.05, 0) is 37.5 Å². The van der Waals surface area contributed by atoms with Crippen LogP contribution in [0.25, 0.3) is 0 Å². The fraction of sp³-hybridized carbons (Fsp3) is 0.250. The number of carbonyl (C=O) groups excluding carboxylic acids is 1. The number of amides is 1. The normalized spacial score (nSPS) is 11.8. The fourth-order valence-electron chi connectivity index (χ4n) is 1.89. The van der Waals surface area contributed by atoms with E-state index in [1.165, 1.54) is 5.56 Å². The number of nitrogens with zero attached hydrogens (tertiary/aromatic N) is 1. The lowest BCUT2D eigenvalue weighted by atomic mass is 10.1. The molecule has 0 unspecified atom stereocenters. The van der Waals surface area contributed by atoms with E-state index >= 15 is 0 Å². The van der Waals surface area contributed by atoms with Crippen LogP contribution in [-0.4, -0.2) is 16.9 Å². The van der Waals surface area contributed by atoms with E-state index in [2.05, 4.69) is 22.4 Å². The average molecular weight is 254 g/mol. The minimum Gasteiger partial charge on any atom is -0.348 e. The second-order valence-corrected chi connectivity index (χ2v) is 4.61. The van der Waals surface area contributed by atoms with E-state index in [-0.39, 0.29) is 11.9 Å². The molecule has 0 aliphatic carbocycles. The smallest absolute Gasteiger partial charge is 0.270 e. The highest BCUT2D eigenvalue weighted by atomic mass is 16.1. The lowest BCUT2D eigenvalue weighted by Gasteiger charge is -2.13. The number of benzene rings is 1. The number of pyridine rings is 1. The molecule has 0 aliphatic rings. The van der Waals surface area contributed by atoms with E-state index < -0.39 is 0 Å². The number of hydrogen-bond acceptors (Lipinski definition) is 2. The van der Waals surface area contributed by atoms with Crippen LogP contribution in [0.2, 0.25) is 0 Å². The van der Waals surface area contributed by atoms with Crippen LogP contribution in [0.1, 0.15) is 29.4 Å². The van der Waals surface area contributed by atoms with Crippen molar-refractivity contribution >= 4 is 5.91 Å². The molecular formula is C16H18N2O. The Labute approximate surface area is 113 Å². The van der Waals surface area contributed by atoms with Crippen LogP contribution in [0, 0.1) is 0 Å². The van der Waals surface area contributed by atoms with Gasteiger partial charge in [-0.3, -0.25) is 9.78 Å². The monoisotopic (exact) mass is 254 g/mol. The molecular weight excluding hydrogens is 236 g/mol. The molecule has 1 atom stereocenters. The van der Waals surface area contributed by atoms with Gasteiger partial charge in [-0.2, -0.15) is 0 Å². The van der Waals surface area contributed by atoms with Gasteiger partial charge in [0.25, 0.3) is 5.91 Å². The van der Waals surface area contributed by atoms with Crippen LogP contribution >= 0.6 is 0 Å². The van der Waals surface area contributed by atoms with Gasteiger partial charge in [0.05, 0.1) is 0 Å². The maximum Gasteiger partial charge on any atom is 0.270 e. The standard InChI is InChI=1S/C16H18N2O/c1-13(10-11-14-7-3-2-4-8-14)18-16(19)15-9-5-6-12-17-15/h2-9,12-13H,10-11H2,1H3,(H,18,19)/t13-/m1/s1. The molecule has 2 aromatic rings. The molecule has 0 fully saturated rings. The van der Waals surface area contributed by atoms with Crippen molar-refractivity contribution in [2.24, 2.45) is 0 Å². The van der Waals surface area contributed by atoms with E-state index in [0.29, 0.717) is 5.69 Å². The van der Waals surface area contributed by atoms with Crippen molar-refractivity contribution in [2.45, 2.75) is 25.8 Å². The quantitative estimate of drug-likeness (QED) is 0.891. The summed E-state index contributed by atoms with van der Waals surface area (Å²) in [6.07, 6.45) is 3.51. The number of aromatic nitrogens is 1. The first-order valence-electron chi connectivity index (χ1n) is 6.51. The molecule has 0 saturated heterocycles. The molecule has 19 heavy (non-hydrogen) atoms. The molecule has 0 spiro atoms. The van der Waals surface area contributed by atoms with Gasteiger partial charge in [-0.15, -0.1) is 0 Å². The highest BCUT2D eigenvalue weighted by Crippen LogP contribution is 2.05. The molecule has 0 bridgehead atoms. The van der Waals surface area contributed by atoms with Gasteiger partial charge in [0.15, 0.2) is 0 Å². The first kappa shape index (κ1) is 13.3. The zero-order chi connectivity index (χ0) is 13.5. The van der Waals surface area contributed by atoms with Crippen molar-refractivity contribution < 1.29 is 4.79 Å². The highest BCUT2D eigenvalue weighted by molar-refractivity contribution is 5.92. The third-order valence-corrected chi connectivity index (χ3v) is 2.98. The van der Waals surface area contributed by atoms with E-state index in [9.17, 15) is 4.79 Å². The summed E-state index contributed by atoms with van der Waals surface area (Å²) in [4.78, 5) is 15.9. The number of hydrogen-bond donors (Lipinski definition) is 1. The Hall–Kier alpha value is -2.16. The number of nitrogens with one attached hydrogen (secondary N) is 1. The average Bonchev–Trinajstić information content (AvgIpc) is 2.47. The van der Waals surface area contributed by atoms with E-state index in [1.807, 2.05) is 31.2 Å². The van der Waals surface area contributed by atoms with E-state index in [0.717, 1.165) is 12.8 Å². The van der Waals surface area contributed by atoms with Gasteiger partial charge >= 0.3 is 0 Å². The second kappa shape index (κ2) is 6.69. The van der Waals surface area contributed by atoms with Crippen LogP contribution in [-0.2, 0) is 6.42 Å². The molecule has 0 aliphatic heterocycles. The minimum absolute atomic E-state index is 0.110. The van der Waals surface area contributed by atoms with Gasteiger partial charge in [0.2, 0.25) is 0 Å². The van der Waals surface area contributed by atoms with Crippen LogP contribution in [0.3, 0.4) is 0 Å². The first-order chi connectivity index (χ1) is 9.25. The maximum atomic E-state index is 11.9. The third kappa shape index (κ3) is 4.21. The Bertz CT molecular complexity index is 511. The van der Waals surface area contributed by atoms with E-state index in [1.54, 1.807) is 18.3 Å². The Morgan fingerprint density at radius 1 is 1.16 bits per heavy atom. The molecule has 1 aromatic carbocycles. The van der Waals surface area contributed by atoms with Crippen LogP contribution < -0.4 is 5.32 Å². The molecule has 0 radical (unpaired) electrons. The minimum atomic E-state index is -0.110. The van der Waals surface area contributed by atoms with Crippen LogP contribution in [0.15, 0.2) is 54.7 Å². The number of rotatable bonds is 5. The van der Waals surface area contributed by atoms with Gasteiger partial charge in [0.1, 0.15) is 5.69 Å². The van der Waals surface area contributed by atoms with Gasteiger partial charge in [-0.1, -0.05) is 36.4 Å². The van der Waals surface area contributed by atoms with E-state index in [4.69, 9.17) is 0 Å². The molecule has 3 nitrogen and oxygen atoms in total. The Morgan fingerprint density at radius 2 is 1.89 bits per heavy atom. The fourth-order valence-corrected chi connectivity index (χ4v) is 1.89. The van der Waals surface area contributed by atoms with Crippen LogP contribution in [0.4, 0.5) is 0 Å². The summed E-state index contributed by atoms with van der Waals surface area (Å²) in [6.45, 7) is 2.02. The van der Waals surface area contributed by atoms with Crippen molar-refractivity contribution in [3.8, 4) is 0 Å². The topological polar surface area (TPSA) is 42.0 Å². The largest absolute Gasteiger partial charge is 0.348 e. The third-order valence-electron chi connectivity index (χ3n) is 2.98. The van der Waals surface area contributed by atoms with Crippen molar-refractivity contribution in [1.29, 1.82) is 0 Å². The second-order valence-electron chi connectivity index (χ2n) is 4.61. The zero-order valence-electron chi connectivity index (χ0n) is 11.0. The summed E-state index contributed by atoms with van der Waals surface area (Å²) in [5.41, 5.74) is 1.76. The summed E-state index contributed by atoms with van der Waals surface area (Å²) >= 11 is 0. The Morgan fingerprint density at radius 3 is 2.58 bits per heavy atom. The molecule has 1 N–H and O–H groups in total. The predicted octanol–water partition coefficient (Wildman–Crippen LogP) is 2.83. The predicted molar refractivity (Wildman–Crippen MR) is 75.9 cm³/mol. The van der Waals surface area contributed by atoms with Gasteiger partial charge in [-0.25, -0.2) is 0 Å². The Balaban J connectivity index is 1.81. The molecule has 3 heteroatoms. The first-order valence-corrected chi connectivity index (χ1v) is 6.51. The lowest BCUT2D eigenvalue weighted by molar-refractivity contribution is 0.0933. The molecule has 1 heterocycles. The summed E-state index contributed by atoms with van der Waals surface area (Å²) in [5, 5.41) is 2.96. The van der Waals surface area contributed by atoms with Crippen molar-refractivity contribution in [3.05, 3.63) is 66.0 Å². The number of carbonyl (C=O) groups is 1. The summed E-state index contributed by atoms with van der Waals surface area (Å²) in [7, 11) is 0. The summed E-state index contributed by atoms with van der Waals surface area (Å²) < 4.78 is 0. The summed E-state index contributed by atoms with van der Waals surface area (Å²) in [5.74, 6) is -0.110. The van der Waals surface area contributed by atoms with Gasteiger partial charge in [0, 0.05) is 12.2 Å². The summed E-state index contributed by atoms with van der Waals surface area (Å²) in [6, 6.07) is 15.8. The lowest BCUT2D eigenvalue weighted by Crippen LogP contribution is -2.33. The Kier molecular flexibility index (Phi) is 4.67. The van der Waals surface area contributed by atoms with Crippen molar-refractivity contribution in [1.82, 2.24) is 10.3 Å². The SMILES string of the molecule is C[C@H](CCc1ccccc1)NC(=O)c1ccccn1.